The smallest absolute Gasteiger partial charge is 0.320 e. The van der Waals surface area contributed by atoms with E-state index in [1.165, 1.54) is 11.8 Å². The van der Waals surface area contributed by atoms with Crippen molar-refractivity contribution in [2.45, 2.75) is 37.5 Å². The minimum absolute atomic E-state index is 0.299. The molecule has 0 radical (unpaired) electrons. The number of carbonyl (C=O) groups is 2. The highest BCUT2D eigenvalue weighted by molar-refractivity contribution is 8.00. The quantitative estimate of drug-likeness (QED) is 0.574. The summed E-state index contributed by atoms with van der Waals surface area (Å²) in [6, 6.07) is -0.895. The largest absolute Gasteiger partial charge is 0.480 e. The molecule has 6 heteroatoms. The fraction of sp³-hybridized carbons (Fsp3) is 0.778. The molecule has 0 bridgehead atoms. The van der Waals surface area contributed by atoms with Crippen LogP contribution in [-0.2, 0) is 9.59 Å². The second kappa shape index (κ2) is 7.53. The molecule has 0 aliphatic rings. The number of aliphatic carboxylic acids is 2. The molecule has 0 heterocycles. The minimum Gasteiger partial charge on any atom is -0.480 e. The molecule has 0 saturated carbocycles. The standard InChI is InChI=1S/C9H17NO4S/c1-2-3-7(9(13)14)15-5-4-6(10)8(11)12/h6-7H,2-5,10H2,1H3,(H,11,12)(H,13,14). The van der Waals surface area contributed by atoms with Crippen molar-refractivity contribution in [3.63, 3.8) is 0 Å². The first kappa shape index (κ1) is 14.2. The number of thioether (sulfide) groups is 1. The van der Waals surface area contributed by atoms with Gasteiger partial charge in [-0.1, -0.05) is 13.3 Å². The number of hydrogen-bond donors (Lipinski definition) is 3. The summed E-state index contributed by atoms with van der Waals surface area (Å²) in [5.41, 5.74) is 5.29. The zero-order chi connectivity index (χ0) is 11.8. The first-order valence-electron chi connectivity index (χ1n) is 4.81. The average molecular weight is 235 g/mol. The molecule has 0 rings (SSSR count). The third-order valence-electron chi connectivity index (χ3n) is 1.89. The molecule has 0 aromatic carbocycles. The summed E-state index contributed by atoms with van der Waals surface area (Å²) < 4.78 is 0. The molecule has 5 nitrogen and oxygen atoms in total. The maximum Gasteiger partial charge on any atom is 0.320 e. The summed E-state index contributed by atoms with van der Waals surface area (Å²) in [5.74, 6) is -1.42. The fourth-order valence-electron chi connectivity index (χ4n) is 1.00. The van der Waals surface area contributed by atoms with Crippen LogP contribution in [0.5, 0.6) is 0 Å². The zero-order valence-electron chi connectivity index (χ0n) is 8.68. The Labute approximate surface area is 93.0 Å². The highest BCUT2D eigenvalue weighted by atomic mass is 32.2. The van der Waals surface area contributed by atoms with Crippen LogP contribution in [-0.4, -0.2) is 39.2 Å². The van der Waals surface area contributed by atoms with Crippen molar-refractivity contribution in [1.29, 1.82) is 0 Å². The number of carboxylic acid groups (broad SMARTS) is 2. The van der Waals surface area contributed by atoms with Crippen molar-refractivity contribution in [2.75, 3.05) is 5.75 Å². The van der Waals surface area contributed by atoms with E-state index in [1.54, 1.807) is 0 Å². The molecule has 2 unspecified atom stereocenters. The summed E-state index contributed by atoms with van der Waals surface area (Å²) in [6.45, 7) is 1.92. The predicted octanol–water partition coefficient (Wildman–Crippen LogP) is 0.775. The summed E-state index contributed by atoms with van der Waals surface area (Å²) in [4.78, 5) is 21.1. The molecule has 0 aromatic heterocycles. The van der Waals surface area contributed by atoms with Crippen molar-refractivity contribution in [3.8, 4) is 0 Å². The van der Waals surface area contributed by atoms with Gasteiger partial charge < -0.3 is 15.9 Å². The molecule has 88 valence electrons. The van der Waals surface area contributed by atoms with Crippen molar-refractivity contribution < 1.29 is 19.8 Å². The van der Waals surface area contributed by atoms with E-state index in [4.69, 9.17) is 15.9 Å². The summed E-state index contributed by atoms with van der Waals surface area (Å²) >= 11 is 1.26. The lowest BCUT2D eigenvalue weighted by atomic mass is 10.2. The van der Waals surface area contributed by atoms with Crippen LogP contribution in [0.15, 0.2) is 0 Å². The van der Waals surface area contributed by atoms with Gasteiger partial charge in [0, 0.05) is 0 Å². The SMILES string of the molecule is CCCC(SCCC(N)C(=O)O)C(=O)O. The zero-order valence-corrected chi connectivity index (χ0v) is 9.50. The minimum atomic E-state index is -1.04. The Bertz CT molecular complexity index is 222. The normalized spacial score (nSPS) is 14.5. The van der Waals surface area contributed by atoms with Crippen LogP contribution in [0.25, 0.3) is 0 Å². The topological polar surface area (TPSA) is 101 Å². The Kier molecular flexibility index (Phi) is 7.15. The first-order chi connectivity index (χ1) is 6.99. The Balaban J connectivity index is 3.80. The summed E-state index contributed by atoms with van der Waals surface area (Å²) in [6.07, 6.45) is 1.70. The van der Waals surface area contributed by atoms with Gasteiger partial charge in [0.2, 0.25) is 0 Å². The van der Waals surface area contributed by atoms with Gasteiger partial charge in [0.15, 0.2) is 0 Å². The van der Waals surface area contributed by atoms with E-state index in [1.807, 2.05) is 6.92 Å². The van der Waals surface area contributed by atoms with Crippen molar-refractivity contribution in [1.82, 2.24) is 0 Å². The van der Waals surface area contributed by atoms with Gasteiger partial charge in [-0.3, -0.25) is 9.59 Å². The highest BCUT2D eigenvalue weighted by Crippen LogP contribution is 2.18. The van der Waals surface area contributed by atoms with Crippen LogP contribution in [0.2, 0.25) is 0 Å². The van der Waals surface area contributed by atoms with Gasteiger partial charge in [-0.15, -0.1) is 11.8 Å². The van der Waals surface area contributed by atoms with Crippen LogP contribution in [0.1, 0.15) is 26.2 Å². The van der Waals surface area contributed by atoms with E-state index in [9.17, 15) is 9.59 Å². The number of nitrogens with two attached hydrogens (primary N) is 1. The second-order valence-corrected chi connectivity index (χ2v) is 4.53. The lowest BCUT2D eigenvalue weighted by molar-refractivity contribution is -0.138. The van der Waals surface area contributed by atoms with Gasteiger partial charge in [-0.05, 0) is 18.6 Å². The second-order valence-electron chi connectivity index (χ2n) is 3.22. The molecule has 0 aliphatic carbocycles. The average Bonchev–Trinajstić information content (AvgIpc) is 2.15. The third kappa shape index (κ3) is 6.35. The Morgan fingerprint density at radius 3 is 2.27 bits per heavy atom. The lowest BCUT2D eigenvalue weighted by Gasteiger charge is -2.11. The predicted molar refractivity (Wildman–Crippen MR) is 59.0 cm³/mol. The van der Waals surface area contributed by atoms with Crippen LogP contribution in [0, 0.1) is 0 Å². The van der Waals surface area contributed by atoms with Gasteiger partial charge in [0.1, 0.15) is 11.3 Å². The molecule has 15 heavy (non-hydrogen) atoms. The van der Waals surface area contributed by atoms with Crippen LogP contribution >= 0.6 is 11.8 Å². The molecule has 2 atom stereocenters. The van der Waals surface area contributed by atoms with Gasteiger partial charge in [0.05, 0.1) is 0 Å². The number of rotatable bonds is 8. The van der Waals surface area contributed by atoms with Crippen LogP contribution < -0.4 is 5.73 Å². The fourth-order valence-corrected chi connectivity index (χ4v) is 2.22. The lowest BCUT2D eigenvalue weighted by Crippen LogP contribution is -2.31. The van der Waals surface area contributed by atoms with E-state index in [-0.39, 0.29) is 0 Å². The van der Waals surface area contributed by atoms with Crippen molar-refractivity contribution in [2.24, 2.45) is 5.73 Å². The third-order valence-corrected chi connectivity index (χ3v) is 3.20. The van der Waals surface area contributed by atoms with E-state index >= 15 is 0 Å². The van der Waals surface area contributed by atoms with E-state index in [0.717, 1.165) is 6.42 Å². The Morgan fingerprint density at radius 1 is 1.27 bits per heavy atom. The monoisotopic (exact) mass is 235 g/mol. The van der Waals surface area contributed by atoms with Gasteiger partial charge in [-0.2, -0.15) is 0 Å². The molecule has 0 aliphatic heterocycles. The van der Waals surface area contributed by atoms with Gasteiger partial charge >= 0.3 is 11.9 Å². The number of hydrogen-bond acceptors (Lipinski definition) is 4. The molecular formula is C9H17NO4S. The molecule has 0 saturated heterocycles. The molecule has 0 spiro atoms. The highest BCUT2D eigenvalue weighted by Gasteiger charge is 2.18. The molecular weight excluding hydrogens is 218 g/mol. The van der Waals surface area contributed by atoms with Gasteiger partial charge in [-0.25, -0.2) is 0 Å². The molecule has 0 aromatic rings. The molecule has 4 N–H and O–H groups in total. The van der Waals surface area contributed by atoms with Crippen LogP contribution in [0.3, 0.4) is 0 Å². The maximum atomic E-state index is 10.7. The maximum absolute atomic E-state index is 10.7. The van der Waals surface area contributed by atoms with Crippen molar-refractivity contribution in [3.05, 3.63) is 0 Å². The first-order valence-corrected chi connectivity index (χ1v) is 5.86. The molecule has 0 fully saturated rings. The van der Waals surface area contributed by atoms with E-state index in [0.29, 0.717) is 18.6 Å². The summed E-state index contributed by atoms with van der Waals surface area (Å²) in [7, 11) is 0. The Hall–Kier alpha value is -0.750. The van der Waals surface area contributed by atoms with Crippen LogP contribution in [0.4, 0.5) is 0 Å². The molecule has 0 amide bonds. The van der Waals surface area contributed by atoms with Crippen molar-refractivity contribution >= 4 is 23.7 Å². The van der Waals surface area contributed by atoms with Gasteiger partial charge in [0.25, 0.3) is 0 Å². The van der Waals surface area contributed by atoms with E-state index in [2.05, 4.69) is 0 Å². The Morgan fingerprint density at radius 2 is 1.87 bits per heavy atom. The summed E-state index contributed by atoms with van der Waals surface area (Å²) in [5, 5.41) is 16.9. The number of carboxylic acids is 2. The van der Waals surface area contributed by atoms with E-state index < -0.39 is 23.2 Å².